The van der Waals surface area contributed by atoms with E-state index in [4.69, 9.17) is 5.11 Å². The van der Waals surface area contributed by atoms with Gasteiger partial charge in [0.15, 0.2) is 0 Å². The first-order valence-corrected chi connectivity index (χ1v) is 5.98. The molecule has 0 bridgehead atoms. The number of carboxylic acids is 1. The number of aliphatic carboxylic acids is 1. The smallest absolute Gasteiger partial charge is 0.317 e. The van der Waals surface area contributed by atoms with E-state index in [-0.39, 0.29) is 30.1 Å². The highest BCUT2D eigenvalue weighted by molar-refractivity contribution is 5.69. The van der Waals surface area contributed by atoms with E-state index in [1.165, 1.54) is 18.2 Å². The third-order valence-corrected chi connectivity index (χ3v) is 3.29. The van der Waals surface area contributed by atoms with Gasteiger partial charge in [0.1, 0.15) is 11.5 Å². The van der Waals surface area contributed by atoms with Crippen molar-refractivity contribution in [2.24, 2.45) is 0 Å². The molecule has 1 aliphatic carbocycles. The second-order valence-electron chi connectivity index (χ2n) is 4.72. The standard InChI is InChI=1S/C13H17NO4/c1-8(11-6-10(15)4-5-12(11)16)14(7-13(17)18)9-2-3-9/h4-6,8-9,15-16H,2-3,7H2,1H3,(H,17,18). The van der Waals surface area contributed by atoms with Crippen LogP contribution in [0.3, 0.4) is 0 Å². The molecule has 5 nitrogen and oxygen atoms in total. The Balaban J connectivity index is 2.23. The first-order chi connectivity index (χ1) is 8.49. The highest BCUT2D eigenvalue weighted by Gasteiger charge is 2.34. The van der Waals surface area contributed by atoms with Gasteiger partial charge >= 0.3 is 5.97 Å². The number of phenols is 2. The topological polar surface area (TPSA) is 81.0 Å². The van der Waals surface area contributed by atoms with Gasteiger partial charge < -0.3 is 15.3 Å². The average molecular weight is 251 g/mol. The van der Waals surface area contributed by atoms with Crippen LogP contribution in [0.15, 0.2) is 18.2 Å². The summed E-state index contributed by atoms with van der Waals surface area (Å²) in [5.74, 6) is -0.731. The fourth-order valence-corrected chi connectivity index (χ4v) is 2.20. The van der Waals surface area contributed by atoms with E-state index in [0.717, 1.165) is 12.8 Å². The Labute approximate surface area is 105 Å². The molecule has 1 aromatic carbocycles. The predicted molar refractivity (Wildman–Crippen MR) is 65.6 cm³/mol. The van der Waals surface area contributed by atoms with Gasteiger partial charge in [0.05, 0.1) is 6.54 Å². The fourth-order valence-electron chi connectivity index (χ4n) is 2.20. The van der Waals surface area contributed by atoms with Gasteiger partial charge in [-0.05, 0) is 38.0 Å². The van der Waals surface area contributed by atoms with Gasteiger partial charge in [0.25, 0.3) is 0 Å². The zero-order valence-corrected chi connectivity index (χ0v) is 10.2. The van der Waals surface area contributed by atoms with E-state index in [1.54, 1.807) is 0 Å². The summed E-state index contributed by atoms with van der Waals surface area (Å²) < 4.78 is 0. The minimum absolute atomic E-state index is 0.0546. The number of benzene rings is 1. The Hall–Kier alpha value is -1.75. The molecule has 2 rings (SSSR count). The summed E-state index contributed by atoms with van der Waals surface area (Å²) in [5.41, 5.74) is 0.558. The van der Waals surface area contributed by atoms with Crippen LogP contribution >= 0.6 is 0 Å². The Kier molecular flexibility index (Phi) is 3.43. The lowest BCUT2D eigenvalue weighted by Crippen LogP contribution is -2.34. The molecule has 0 aliphatic heterocycles. The Morgan fingerprint density at radius 3 is 2.67 bits per heavy atom. The van der Waals surface area contributed by atoms with Crippen LogP contribution in [0.4, 0.5) is 0 Å². The minimum Gasteiger partial charge on any atom is -0.508 e. The van der Waals surface area contributed by atoms with Crippen LogP contribution in [0, 0.1) is 0 Å². The van der Waals surface area contributed by atoms with Crippen LogP contribution in [-0.4, -0.2) is 38.8 Å². The number of phenolic OH excluding ortho intramolecular Hbond substituents is 2. The average Bonchev–Trinajstić information content (AvgIpc) is 3.12. The number of nitrogens with zero attached hydrogens (tertiary/aromatic N) is 1. The van der Waals surface area contributed by atoms with Crippen LogP contribution in [0.1, 0.15) is 31.4 Å². The van der Waals surface area contributed by atoms with Crippen LogP contribution in [0.5, 0.6) is 11.5 Å². The largest absolute Gasteiger partial charge is 0.508 e. The number of hydrogen-bond donors (Lipinski definition) is 3. The molecule has 1 saturated carbocycles. The molecule has 1 fully saturated rings. The van der Waals surface area contributed by atoms with Crippen molar-refractivity contribution in [3.8, 4) is 11.5 Å². The third-order valence-electron chi connectivity index (χ3n) is 3.29. The predicted octanol–water partition coefficient (Wildman–Crippen LogP) is 1.71. The van der Waals surface area contributed by atoms with Crippen molar-refractivity contribution in [2.75, 3.05) is 6.54 Å². The van der Waals surface area contributed by atoms with Gasteiger partial charge in [-0.1, -0.05) is 0 Å². The summed E-state index contributed by atoms with van der Waals surface area (Å²) in [6.07, 6.45) is 1.97. The number of carboxylic acid groups (broad SMARTS) is 1. The molecule has 0 aromatic heterocycles. The number of rotatable bonds is 5. The van der Waals surface area contributed by atoms with E-state index >= 15 is 0 Å². The zero-order chi connectivity index (χ0) is 13.3. The van der Waals surface area contributed by atoms with Crippen LogP contribution in [0.25, 0.3) is 0 Å². The van der Waals surface area contributed by atoms with Crippen LogP contribution in [0.2, 0.25) is 0 Å². The minimum atomic E-state index is -0.881. The second-order valence-corrected chi connectivity index (χ2v) is 4.72. The van der Waals surface area contributed by atoms with Gasteiger partial charge in [-0.15, -0.1) is 0 Å². The Morgan fingerprint density at radius 1 is 1.44 bits per heavy atom. The van der Waals surface area contributed by atoms with E-state index in [9.17, 15) is 15.0 Å². The normalized spacial score (nSPS) is 16.8. The summed E-state index contributed by atoms with van der Waals surface area (Å²) in [6.45, 7) is 1.79. The maximum absolute atomic E-state index is 10.9. The first-order valence-electron chi connectivity index (χ1n) is 5.98. The Morgan fingerprint density at radius 2 is 2.11 bits per heavy atom. The molecule has 0 spiro atoms. The summed E-state index contributed by atoms with van der Waals surface area (Å²) in [6, 6.07) is 4.34. The molecule has 0 heterocycles. The van der Waals surface area contributed by atoms with Gasteiger partial charge in [-0.2, -0.15) is 0 Å². The lowest BCUT2D eigenvalue weighted by Gasteiger charge is -2.28. The molecule has 98 valence electrons. The van der Waals surface area contributed by atoms with Crippen molar-refractivity contribution in [1.29, 1.82) is 0 Å². The van der Waals surface area contributed by atoms with Gasteiger partial charge in [-0.25, -0.2) is 0 Å². The lowest BCUT2D eigenvalue weighted by molar-refractivity contribution is -0.139. The molecule has 0 radical (unpaired) electrons. The molecule has 3 N–H and O–H groups in total. The van der Waals surface area contributed by atoms with Gasteiger partial charge in [0.2, 0.25) is 0 Å². The van der Waals surface area contributed by atoms with E-state index in [0.29, 0.717) is 5.56 Å². The molecular formula is C13H17NO4. The molecule has 1 unspecified atom stereocenters. The van der Waals surface area contributed by atoms with Gasteiger partial charge in [0, 0.05) is 17.6 Å². The number of hydrogen-bond acceptors (Lipinski definition) is 4. The third kappa shape index (κ3) is 2.73. The molecule has 0 saturated heterocycles. The molecule has 18 heavy (non-hydrogen) atoms. The fraction of sp³-hybridized carbons (Fsp3) is 0.462. The molecular weight excluding hydrogens is 234 g/mol. The van der Waals surface area contributed by atoms with E-state index < -0.39 is 5.97 Å². The maximum atomic E-state index is 10.9. The molecule has 0 amide bonds. The van der Waals surface area contributed by atoms with Crippen LogP contribution < -0.4 is 0 Å². The monoisotopic (exact) mass is 251 g/mol. The quantitative estimate of drug-likeness (QED) is 0.694. The van der Waals surface area contributed by atoms with Crippen molar-refractivity contribution in [3.63, 3.8) is 0 Å². The summed E-state index contributed by atoms with van der Waals surface area (Å²) in [4.78, 5) is 12.7. The van der Waals surface area contributed by atoms with Gasteiger partial charge in [-0.3, -0.25) is 9.69 Å². The summed E-state index contributed by atoms with van der Waals surface area (Å²) in [5, 5.41) is 28.2. The van der Waals surface area contributed by atoms with Crippen molar-refractivity contribution < 1.29 is 20.1 Å². The first kappa shape index (κ1) is 12.7. The van der Waals surface area contributed by atoms with Crippen LogP contribution in [-0.2, 0) is 4.79 Å². The number of carbonyl (C=O) groups is 1. The SMILES string of the molecule is CC(c1cc(O)ccc1O)N(CC(=O)O)C1CC1. The highest BCUT2D eigenvalue weighted by Crippen LogP contribution is 2.37. The lowest BCUT2D eigenvalue weighted by atomic mass is 10.0. The second kappa shape index (κ2) is 4.86. The number of aromatic hydroxyl groups is 2. The van der Waals surface area contributed by atoms with Crippen molar-refractivity contribution in [2.45, 2.75) is 31.8 Å². The molecule has 1 aromatic rings. The zero-order valence-electron chi connectivity index (χ0n) is 10.2. The molecule has 1 atom stereocenters. The van der Waals surface area contributed by atoms with Crippen molar-refractivity contribution >= 4 is 5.97 Å². The Bertz CT molecular complexity index is 456. The van der Waals surface area contributed by atoms with E-state index in [2.05, 4.69) is 0 Å². The maximum Gasteiger partial charge on any atom is 0.317 e. The highest BCUT2D eigenvalue weighted by atomic mass is 16.4. The van der Waals surface area contributed by atoms with Crippen molar-refractivity contribution in [1.82, 2.24) is 4.90 Å². The molecule has 5 heteroatoms. The van der Waals surface area contributed by atoms with E-state index in [1.807, 2.05) is 11.8 Å². The summed E-state index contributed by atoms with van der Waals surface area (Å²) in [7, 11) is 0. The van der Waals surface area contributed by atoms with Crippen molar-refractivity contribution in [3.05, 3.63) is 23.8 Å². The summed E-state index contributed by atoms with van der Waals surface area (Å²) >= 11 is 0. The molecule has 1 aliphatic rings.